The van der Waals surface area contributed by atoms with Crippen molar-refractivity contribution in [2.45, 2.75) is 17.6 Å². The van der Waals surface area contributed by atoms with E-state index in [1.807, 2.05) is 60.7 Å². The minimum absolute atomic E-state index is 0.584. The van der Waals surface area contributed by atoms with Crippen molar-refractivity contribution in [2.75, 3.05) is 0 Å². The van der Waals surface area contributed by atoms with Crippen molar-refractivity contribution < 1.29 is 14.3 Å². The molecular formula is C16H12O3. The van der Waals surface area contributed by atoms with Gasteiger partial charge in [-0.3, -0.25) is 0 Å². The van der Waals surface area contributed by atoms with Crippen LogP contribution in [0.5, 0.6) is 0 Å². The molecule has 0 radical (unpaired) electrons. The Morgan fingerprint density at radius 2 is 1.16 bits per heavy atom. The van der Waals surface area contributed by atoms with Crippen molar-refractivity contribution >= 4 is 6.16 Å². The number of benzene rings is 2. The minimum atomic E-state index is -0.646. The molecule has 1 aliphatic carbocycles. The van der Waals surface area contributed by atoms with E-state index in [2.05, 4.69) is 0 Å². The van der Waals surface area contributed by atoms with Gasteiger partial charge in [0, 0.05) is 17.5 Å². The first-order chi connectivity index (χ1) is 9.27. The second-order valence-electron chi connectivity index (χ2n) is 5.02. The van der Waals surface area contributed by atoms with Crippen molar-refractivity contribution in [2.24, 2.45) is 0 Å². The molecule has 3 nitrogen and oxygen atoms in total. The molecular weight excluding hydrogens is 240 g/mol. The van der Waals surface area contributed by atoms with Gasteiger partial charge in [-0.15, -0.1) is 0 Å². The molecule has 19 heavy (non-hydrogen) atoms. The van der Waals surface area contributed by atoms with Crippen LogP contribution >= 0.6 is 0 Å². The van der Waals surface area contributed by atoms with E-state index in [1.54, 1.807) is 0 Å². The molecule has 1 saturated heterocycles. The molecule has 1 aliphatic heterocycles. The molecule has 0 spiro atoms. The average Bonchev–Trinajstić information content (AvgIpc) is 3.00. The summed E-state index contributed by atoms with van der Waals surface area (Å²) in [6, 6.07) is 19.6. The van der Waals surface area contributed by atoms with E-state index in [-0.39, 0.29) is 0 Å². The molecule has 0 aromatic heterocycles. The van der Waals surface area contributed by atoms with Gasteiger partial charge in [0.2, 0.25) is 0 Å². The van der Waals surface area contributed by atoms with Gasteiger partial charge in [-0.1, -0.05) is 60.7 Å². The maximum absolute atomic E-state index is 11.6. The zero-order valence-corrected chi connectivity index (χ0v) is 10.2. The second kappa shape index (κ2) is 3.38. The van der Waals surface area contributed by atoms with Crippen LogP contribution in [-0.2, 0) is 20.7 Å². The maximum Gasteiger partial charge on any atom is 0.510 e. The van der Waals surface area contributed by atoms with Crippen molar-refractivity contribution in [3.05, 3.63) is 71.8 Å². The van der Waals surface area contributed by atoms with Gasteiger partial charge >= 0.3 is 6.16 Å². The topological polar surface area (TPSA) is 35.5 Å². The number of hydrogen-bond donors (Lipinski definition) is 0. The van der Waals surface area contributed by atoms with Crippen LogP contribution in [0, 0.1) is 0 Å². The zero-order chi connectivity index (χ0) is 12.9. The third-order valence-electron chi connectivity index (χ3n) is 4.02. The summed E-state index contributed by atoms with van der Waals surface area (Å²) in [6.07, 6.45) is 0.0960. The van der Waals surface area contributed by atoms with Crippen LogP contribution in [0.1, 0.15) is 17.5 Å². The van der Waals surface area contributed by atoms with E-state index >= 15 is 0 Å². The lowest BCUT2D eigenvalue weighted by Crippen LogP contribution is -2.18. The molecule has 0 amide bonds. The first-order valence-electron chi connectivity index (χ1n) is 6.30. The highest BCUT2D eigenvalue weighted by molar-refractivity contribution is 5.70. The fraction of sp³-hybridized carbons (Fsp3) is 0.188. The Kier molecular flexibility index (Phi) is 1.89. The van der Waals surface area contributed by atoms with Gasteiger partial charge in [-0.2, -0.15) is 0 Å². The Hall–Kier alpha value is -2.29. The quantitative estimate of drug-likeness (QED) is 0.769. The normalized spacial score (nSPS) is 31.3. The van der Waals surface area contributed by atoms with Crippen molar-refractivity contribution in [1.29, 1.82) is 0 Å². The molecule has 4 rings (SSSR count). The highest BCUT2D eigenvalue weighted by Crippen LogP contribution is 2.70. The number of carbonyl (C=O) groups excluding carboxylic acids is 1. The predicted molar refractivity (Wildman–Crippen MR) is 68.4 cm³/mol. The van der Waals surface area contributed by atoms with Crippen LogP contribution in [0.15, 0.2) is 60.7 Å². The van der Waals surface area contributed by atoms with Crippen LogP contribution < -0.4 is 0 Å². The molecule has 0 bridgehead atoms. The first-order valence-corrected chi connectivity index (χ1v) is 6.30. The lowest BCUT2D eigenvalue weighted by atomic mass is 9.99. The van der Waals surface area contributed by atoms with Crippen LogP contribution in [0.3, 0.4) is 0 Å². The zero-order valence-electron chi connectivity index (χ0n) is 10.2. The van der Waals surface area contributed by atoms with E-state index in [9.17, 15) is 4.79 Å². The summed E-state index contributed by atoms with van der Waals surface area (Å²) in [7, 11) is 0. The summed E-state index contributed by atoms with van der Waals surface area (Å²) in [5.74, 6) is 0. The number of rotatable bonds is 2. The molecule has 2 aliphatic rings. The molecule has 1 heterocycles. The lowest BCUT2D eigenvalue weighted by Gasteiger charge is -2.14. The fourth-order valence-electron chi connectivity index (χ4n) is 3.05. The molecule has 3 heteroatoms. The largest absolute Gasteiger partial charge is 0.510 e. The molecule has 2 atom stereocenters. The molecule has 2 aromatic rings. The average molecular weight is 252 g/mol. The van der Waals surface area contributed by atoms with E-state index < -0.39 is 17.4 Å². The Labute approximate surface area is 110 Å². The Morgan fingerprint density at radius 3 is 1.58 bits per heavy atom. The Bertz CT molecular complexity index is 582. The third-order valence-corrected chi connectivity index (χ3v) is 4.02. The molecule has 0 N–H and O–H groups in total. The van der Waals surface area contributed by atoms with Gasteiger partial charge in [0.15, 0.2) is 11.2 Å². The smallest absolute Gasteiger partial charge is 0.418 e. The Balaban J connectivity index is 1.85. The molecule has 2 fully saturated rings. The molecule has 1 saturated carbocycles. The number of hydrogen-bond acceptors (Lipinski definition) is 3. The number of carbonyl (C=O) groups is 1. The van der Waals surface area contributed by atoms with E-state index in [0.717, 1.165) is 11.1 Å². The van der Waals surface area contributed by atoms with Crippen LogP contribution in [-0.4, -0.2) is 6.16 Å². The molecule has 2 unspecified atom stereocenters. The van der Waals surface area contributed by atoms with Gasteiger partial charge in [-0.25, -0.2) is 4.79 Å². The minimum Gasteiger partial charge on any atom is -0.418 e. The lowest BCUT2D eigenvalue weighted by molar-refractivity contribution is 0.0699. The predicted octanol–water partition coefficient (Wildman–Crippen LogP) is 3.35. The summed E-state index contributed by atoms with van der Waals surface area (Å²) in [5, 5.41) is 0. The second-order valence-corrected chi connectivity index (χ2v) is 5.02. The van der Waals surface area contributed by atoms with Crippen LogP contribution in [0.2, 0.25) is 0 Å². The van der Waals surface area contributed by atoms with Gasteiger partial charge < -0.3 is 9.47 Å². The highest BCUT2D eigenvalue weighted by atomic mass is 16.8. The number of ether oxygens (including phenoxy) is 2. The van der Waals surface area contributed by atoms with E-state index in [4.69, 9.17) is 9.47 Å². The summed E-state index contributed by atoms with van der Waals surface area (Å²) in [5.41, 5.74) is 0.689. The monoisotopic (exact) mass is 252 g/mol. The summed E-state index contributed by atoms with van der Waals surface area (Å²) in [6.45, 7) is 0. The van der Waals surface area contributed by atoms with E-state index in [0.29, 0.717) is 6.42 Å². The SMILES string of the molecule is O=C1OC2(c3ccccc3)CC2(c2ccccc2)O1. The Morgan fingerprint density at radius 1 is 0.737 bits per heavy atom. The van der Waals surface area contributed by atoms with Gasteiger partial charge in [0.1, 0.15) is 0 Å². The van der Waals surface area contributed by atoms with Crippen molar-refractivity contribution in [3.63, 3.8) is 0 Å². The fourth-order valence-corrected chi connectivity index (χ4v) is 3.05. The third kappa shape index (κ3) is 1.24. The highest BCUT2D eigenvalue weighted by Gasteiger charge is 2.80. The molecule has 94 valence electrons. The van der Waals surface area contributed by atoms with Gasteiger partial charge in [0.05, 0.1) is 0 Å². The van der Waals surface area contributed by atoms with Crippen molar-refractivity contribution in [1.82, 2.24) is 0 Å². The maximum atomic E-state index is 11.6. The van der Waals surface area contributed by atoms with Gasteiger partial charge in [-0.05, 0) is 0 Å². The van der Waals surface area contributed by atoms with Crippen LogP contribution in [0.4, 0.5) is 4.79 Å². The molecule has 2 aromatic carbocycles. The van der Waals surface area contributed by atoms with Crippen LogP contribution in [0.25, 0.3) is 0 Å². The van der Waals surface area contributed by atoms with Gasteiger partial charge in [0.25, 0.3) is 0 Å². The van der Waals surface area contributed by atoms with Crippen molar-refractivity contribution in [3.8, 4) is 0 Å². The standard InChI is InChI=1S/C16H12O3/c17-14-18-15(12-7-3-1-4-8-12)11-16(15,19-14)13-9-5-2-6-10-13/h1-10H,11H2. The summed E-state index contributed by atoms with van der Waals surface area (Å²) >= 11 is 0. The first kappa shape index (κ1) is 10.6. The summed E-state index contributed by atoms with van der Waals surface area (Å²) in [4.78, 5) is 11.6. The summed E-state index contributed by atoms with van der Waals surface area (Å²) < 4.78 is 11.0. The van der Waals surface area contributed by atoms with E-state index in [1.165, 1.54) is 0 Å². The number of fused-ring (bicyclic) bond motifs is 1.